The van der Waals surface area contributed by atoms with Crippen LogP contribution in [0.3, 0.4) is 0 Å². The zero-order valence-corrected chi connectivity index (χ0v) is 8.96. The number of nitrogens with two attached hydrogens (primary N) is 1. The van der Waals surface area contributed by atoms with E-state index >= 15 is 0 Å². The second kappa shape index (κ2) is 4.38. The Kier molecular flexibility index (Phi) is 2.94. The van der Waals surface area contributed by atoms with Crippen molar-refractivity contribution in [3.63, 3.8) is 0 Å². The first-order chi connectivity index (χ1) is 7.31. The molecule has 2 rings (SSSR count). The van der Waals surface area contributed by atoms with E-state index in [1.807, 2.05) is 35.7 Å². The van der Waals surface area contributed by atoms with Crippen LogP contribution in [0.4, 0.5) is 0 Å². The molecule has 3 heteroatoms. The number of carbonyl (C=O) groups excluding carboxylic acids is 1. The van der Waals surface area contributed by atoms with Gasteiger partial charge in [0.25, 0.3) is 0 Å². The molecular formula is C12H11NOS. The zero-order chi connectivity index (χ0) is 10.7. The van der Waals surface area contributed by atoms with E-state index in [-0.39, 0.29) is 12.3 Å². The van der Waals surface area contributed by atoms with Crippen molar-refractivity contribution in [1.82, 2.24) is 0 Å². The van der Waals surface area contributed by atoms with Crippen molar-refractivity contribution >= 4 is 17.1 Å². The summed E-state index contributed by atoms with van der Waals surface area (Å²) in [5.74, 6) is -0.0206. The molecule has 0 saturated heterocycles. The Hall–Kier alpha value is -1.45. The average Bonchev–Trinajstić information content (AvgIpc) is 2.82. The number of hydrogen-bond acceptors (Lipinski definition) is 3. The molecule has 15 heavy (non-hydrogen) atoms. The van der Waals surface area contributed by atoms with E-state index in [4.69, 9.17) is 5.73 Å². The summed E-state index contributed by atoms with van der Waals surface area (Å²) >= 11 is 1.69. The second-order valence-corrected chi connectivity index (χ2v) is 4.13. The maximum atomic E-state index is 11.3. The Morgan fingerprint density at radius 3 is 2.47 bits per heavy atom. The quantitative estimate of drug-likeness (QED) is 0.803. The highest BCUT2D eigenvalue weighted by Gasteiger charge is 2.03. The topological polar surface area (TPSA) is 43.1 Å². The van der Waals surface area contributed by atoms with Gasteiger partial charge in [0.2, 0.25) is 0 Å². The fourth-order valence-corrected chi connectivity index (χ4v) is 2.11. The summed E-state index contributed by atoms with van der Waals surface area (Å²) in [5, 5.41) is 2.04. The lowest BCUT2D eigenvalue weighted by Gasteiger charge is -2.00. The van der Waals surface area contributed by atoms with Gasteiger partial charge in [0.05, 0.1) is 6.54 Å². The molecule has 2 N–H and O–H groups in total. The van der Waals surface area contributed by atoms with E-state index in [0.717, 1.165) is 5.56 Å². The number of hydrogen-bond donors (Lipinski definition) is 1. The summed E-state index contributed by atoms with van der Waals surface area (Å²) in [6.45, 7) is 0.0678. The standard InChI is InChI=1S/C12H11NOS/c13-8-11(14)9-3-5-10(6-4-9)12-2-1-7-15-12/h1-7H,8,13H2. The van der Waals surface area contributed by atoms with Crippen LogP contribution in [0.25, 0.3) is 10.4 Å². The summed E-state index contributed by atoms with van der Waals surface area (Å²) in [4.78, 5) is 12.5. The van der Waals surface area contributed by atoms with Crippen molar-refractivity contribution in [2.45, 2.75) is 0 Å². The number of rotatable bonds is 3. The van der Waals surface area contributed by atoms with E-state index in [0.29, 0.717) is 5.56 Å². The van der Waals surface area contributed by atoms with Gasteiger partial charge in [0.1, 0.15) is 0 Å². The van der Waals surface area contributed by atoms with Gasteiger partial charge < -0.3 is 5.73 Å². The first-order valence-electron chi connectivity index (χ1n) is 4.68. The third kappa shape index (κ3) is 2.14. The summed E-state index contributed by atoms with van der Waals surface area (Å²) in [6, 6.07) is 11.6. The summed E-state index contributed by atoms with van der Waals surface area (Å²) < 4.78 is 0. The lowest BCUT2D eigenvalue weighted by atomic mass is 10.1. The molecule has 0 radical (unpaired) electrons. The number of thiophene rings is 1. The van der Waals surface area contributed by atoms with Crippen molar-refractivity contribution in [3.05, 3.63) is 47.3 Å². The van der Waals surface area contributed by atoms with Crippen molar-refractivity contribution in [2.75, 3.05) is 6.54 Å². The van der Waals surface area contributed by atoms with Crippen LogP contribution in [-0.4, -0.2) is 12.3 Å². The fraction of sp³-hybridized carbons (Fsp3) is 0.0833. The normalized spacial score (nSPS) is 10.2. The van der Waals surface area contributed by atoms with Gasteiger partial charge in [-0.1, -0.05) is 30.3 Å². The molecule has 0 unspecified atom stereocenters. The SMILES string of the molecule is NCC(=O)c1ccc(-c2cccs2)cc1. The Morgan fingerprint density at radius 2 is 1.93 bits per heavy atom. The number of ketones is 1. The molecule has 0 atom stereocenters. The van der Waals surface area contributed by atoms with Crippen molar-refractivity contribution in [2.24, 2.45) is 5.73 Å². The van der Waals surface area contributed by atoms with Crippen LogP contribution in [0.1, 0.15) is 10.4 Å². The van der Waals surface area contributed by atoms with Crippen molar-refractivity contribution in [1.29, 1.82) is 0 Å². The van der Waals surface area contributed by atoms with E-state index in [1.165, 1.54) is 4.88 Å². The molecule has 1 heterocycles. The first kappa shape index (κ1) is 10.1. The van der Waals surface area contributed by atoms with Crippen LogP contribution in [-0.2, 0) is 0 Å². The molecule has 0 aliphatic heterocycles. The minimum Gasteiger partial charge on any atom is -0.324 e. The molecule has 0 aliphatic carbocycles. The Labute approximate surface area is 92.4 Å². The highest BCUT2D eigenvalue weighted by Crippen LogP contribution is 2.24. The van der Waals surface area contributed by atoms with Gasteiger partial charge in [-0.3, -0.25) is 4.79 Å². The molecule has 1 aromatic carbocycles. The van der Waals surface area contributed by atoms with Crippen LogP contribution < -0.4 is 5.73 Å². The summed E-state index contributed by atoms with van der Waals surface area (Å²) in [6.07, 6.45) is 0. The first-order valence-corrected chi connectivity index (χ1v) is 5.56. The maximum absolute atomic E-state index is 11.3. The van der Waals surface area contributed by atoms with E-state index < -0.39 is 0 Å². The van der Waals surface area contributed by atoms with Gasteiger partial charge >= 0.3 is 0 Å². The zero-order valence-electron chi connectivity index (χ0n) is 8.14. The molecule has 0 aliphatic rings. The highest BCUT2D eigenvalue weighted by atomic mass is 32.1. The van der Waals surface area contributed by atoms with E-state index in [1.54, 1.807) is 11.3 Å². The van der Waals surface area contributed by atoms with Gasteiger partial charge in [-0.15, -0.1) is 11.3 Å². The third-order valence-corrected chi connectivity index (χ3v) is 3.12. The molecule has 0 fully saturated rings. The fourth-order valence-electron chi connectivity index (χ4n) is 1.38. The number of Topliss-reactive ketones (excluding diaryl/α,β-unsaturated/α-hetero) is 1. The van der Waals surface area contributed by atoms with Gasteiger partial charge in [-0.2, -0.15) is 0 Å². The molecule has 0 saturated carbocycles. The van der Waals surface area contributed by atoms with E-state index in [2.05, 4.69) is 6.07 Å². The molecule has 0 bridgehead atoms. The molecular weight excluding hydrogens is 206 g/mol. The lowest BCUT2D eigenvalue weighted by Crippen LogP contribution is -2.13. The van der Waals surface area contributed by atoms with E-state index in [9.17, 15) is 4.79 Å². The minimum absolute atomic E-state index is 0.0206. The van der Waals surface area contributed by atoms with Crippen molar-refractivity contribution in [3.8, 4) is 10.4 Å². The van der Waals surface area contributed by atoms with Crippen LogP contribution in [0.15, 0.2) is 41.8 Å². The maximum Gasteiger partial charge on any atom is 0.176 e. The molecule has 0 spiro atoms. The summed E-state index contributed by atoms with van der Waals surface area (Å²) in [7, 11) is 0. The highest BCUT2D eigenvalue weighted by molar-refractivity contribution is 7.13. The smallest absolute Gasteiger partial charge is 0.176 e. The Balaban J connectivity index is 2.29. The van der Waals surface area contributed by atoms with Gasteiger partial charge in [0.15, 0.2) is 5.78 Å². The van der Waals surface area contributed by atoms with Gasteiger partial charge in [0, 0.05) is 10.4 Å². The molecule has 0 amide bonds. The predicted octanol–water partition coefficient (Wildman–Crippen LogP) is 2.56. The Bertz CT molecular complexity index is 445. The molecule has 76 valence electrons. The minimum atomic E-state index is -0.0206. The van der Waals surface area contributed by atoms with Crippen molar-refractivity contribution < 1.29 is 4.79 Å². The van der Waals surface area contributed by atoms with Gasteiger partial charge in [-0.05, 0) is 17.0 Å². The summed E-state index contributed by atoms with van der Waals surface area (Å²) in [5.41, 5.74) is 7.11. The average molecular weight is 217 g/mol. The Morgan fingerprint density at radius 1 is 1.20 bits per heavy atom. The number of benzene rings is 1. The van der Waals surface area contributed by atoms with Gasteiger partial charge in [-0.25, -0.2) is 0 Å². The van der Waals surface area contributed by atoms with Crippen LogP contribution in [0.2, 0.25) is 0 Å². The number of carbonyl (C=O) groups is 1. The monoisotopic (exact) mass is 217 g/mol. The molecule has 2 aromatic rings. The van der Waals surface area contributed by atoms with Crippen LogP contribution in [0.5, 0.6) is 0 Å². The third-order valence-electron chi connectivity index (χ3n) is 2.20. The molecule has 2 nitrogen and oxygen atoms in total. The molecule has 1 aromatic heterocycles. The van der Waals surface area contributed by atoms with Crippen LogP contribution in [0, 0.1) is 0 Å². The largest absolute Gasteiger partial charge is 0.324 e. The van der Waals surface area contributed by atoms with Crippen LogP contribution >= 0.6 is 11.3 Å². The second-order valence-electron chi connectivity index (χ2n) is 3.18. The predicted molar refractivity (Wildman–Crippen MR) is 63.1 cm³/mol. The lowest BCUT2D eigenvalue weighted by molar-refractivity contribution is 0.100.